The fourth-order valence-electron chi connectivity index (χ4n) is 2.53. The highest BCUT2D eigenvalue weighted by atomic mass is 127. The summed E-state index contributed by atoms with van der Waals surface area (Å²) in [5, 5.41) is 2.99. The van der Waals surface area contributed by atoms with Crippen molar-refractivity contribution in [3.63, 3.8) is 0 Å². The molecule has 0 bridgehead atoms. The lowest BCUT2D eigenvalue weighted by molar-refractivity contribution is -0.116. The summed E-state index contributed by atoms with van der Waals surface area (Å²) >= 11 is 2.30. The third-order valence-electron chi connectivity index (χ3n) is 3.71. The maximum Gasteiger partial charge on any atom is 0.224 e. The largest absolute Gasteiger partial charge is 0.326 e. The second-order valence-electron chi connectivity index (χ2n) is 5.20. The van der Waals surface area contributed by atoms with Gasteiger partial charge in [-0.2, -0.15) is 0 Å². The first-order valence-corrected chi connectivity index (χ1v) is 7.79. The Morgan fingerprint density at radius 3 is 2.78 bits per heavy atom. The second-order valence-corrected chi connectivity index (χ2v) is 6.36. The summed E-state index contributed by atoms with van der Waals surface area (Å²) in [5.41, 5.74) is 2.17. The van der Waals surface area contributed by atoms with Crippen LogP contribution in [0.15, 0.2) is 18.2 Å². The molecule has 98 valence electrons. The molecule has 0 saturated heterocycles. The Morgan fingerprint density at radius 1 is 1.39 bits per heavy atom. The molecule has 1 amide bonds. The molecule has 0 spiro atoms. The minimum atomic E-state index is 0.154. The molecule has 0 heterocycles. The molecule has 0 aliphatic heterocycles. The first-order valence-electron chi connectivity index (χ1n) is 6.71. The van der Waals surface area contributed by atoms with Gasteiger partial charge in [0.15, 0.2) is 0 Å². The number of nitrogens with one attached hydrogen (secondary N) is 1. The maximum absolute atomic E-state index is 11.9. The van der Waals surface area contributed by atoms with Gasteiger partial charge in [-0.25, -0.2) is 0 Å². The zero-order valence-electron chi connectivity index (χ0n) is 10.8. The number of carbonyl (C=O) groups excluding carboxylic acids is 1. The summed E-state index contributed by atoms with van der Waals surface area (Å²) in [7, 11) is 0. The molecular weight excluding hydrogens is 337 g/mol. The highest BCUT2D eigenvalue weighted by Gasteiger charge is 2.16. The summed E-state index contributed by atoms with van der Waals surface area (Å²) in [6.07, 6.45) is 7.04. The van der Waals surface area contributed by atoms with Gasteiger partial charge in [0, 0.05) is 15.7 Å². The van der Waals surface area contributed by atoms with Gasteiger partial charge in [0.25, 0.3) is 0 Å². The second kappa shape index (κ2) is 6.55. The standard InChI is InChI=1S/C15H20INO/c1-11-6-8-13(10-14(11)16)17-15(18)9-7-12-4-2-3-5-12/h6,8,10,12H,2-5,7,9H2,1H3,(H,17,18). The van der Waals surface area contributed by atoms with Crippen molar-refractivity contribution in [2.45, 2.75) is 45.4 Å². The first-order chi connectivity index (χ1) is 8.65. The van der Waals surface area contributed by atoms with Gasteiger partial charge in [0.1, 0.15) is 0 Å². The third kappa shape index (κ3) is 3.97. The van der Waals surface area contributed by atoms with Gasteiger partial charge in [-0.05, 0) is 59.5 Å². The predicted octanol–water partition coefficient (Wildman–Crippen LogP) is 4.51. The van der Waals surface area contributed by atoms with Crippen LogP contribution >= 0.6 is 22.6 Å². The monoisotopic (exact) mass is 357 g/mol. The van der Waals surface area contributed by atoms with Crippen LogP contribution in [0.25, 0.3) is 0 Å². The number of carbonyl (C=O) groups is 1. The van der Waals surface area contributed by atoms with Crippen molar-refractivity contribution < 1.29 is 4.79 Å². The highest BCUT2D eigenvalue weighted by molar-refractivity contribution is 14.1. The summed E-state index contributed by atoms with van der Waals surface area (Å²) in [5.74, 6) is 0.940. The predicted molar refractivity (Wildman–Crippen MR) is 83.7 cm³/mol. The molecule has 18 heavy (non-hydrogen) atoms. The SMILES string of the molecule is Cc1ccc(NC(=O)CCC2CCCC2)cc1I. The van der Waals surface area contributed by atoms with Crippen LogP contribution in [0.2, 0.25) is 0 Å². The van der Waals surface area contributed by atoms with Crippen molar-refractivity contribution in [2.75, 3.05) is 5.32 Å². The Kier molecular flexibility index (Phi) is 5.03. The minimum absolute atomic E-state index is 0.154. The molecule has 2 rings (SSSR count). The van der Waals surface area contributed by atoms with E-state index in [4.69, 9.17) is 0 Å². The average molecular weight is 357 g/mol. The first kappa shape index (κ1) is 13.8. The number of anilines is 1. The van der Waals surface area contributed by atoms with E-state index in [1.54, 1.807) is 0 Å². The Bertz CT molecular complexity index is 425. The van der Waals surface area contributed by atoms with E-state index in [0.29, 0.717) is 6.42 Å². The molecule has 0 unspecified atom stereocenters. The van der Waals surface area contributed by atoms with E-state index in [2.05, 4.69) is 34.8 Å². The van der Waals surface area contributed by atoms with Crippen LogP contribution in [0.5, 0.6) is 0 Å². The average Bonchev–Trinajstić information content (AvgIpc) is 2.84. The molecule has 1 N–H and O–H groups in total. The molecule has 1 aromatic carbocycles. The number of aryl methyl sites for hydroxylation is 1. The van der Waals surface area contributed by atoms with E-state index in [1.807, 2.05) is 18.2 Å². The molecular formula is C15H20INO. The van der Waals surface area contributed by atoms with Crippen molar-refractivity contribution in [2.24, 2.45) is 5.92 Å². The van der Waals surface area contributed by atoms with Crippen molar-refractivity contribution in [3.05, 3.63) is 27.3 Å². The molecule has 1 fully saturated rings. The Hall–Kier alpha value is -0.580. The summed E-state index contributed by atoms with van der Waals surface area (Å²) in [4.78, 5) is 11.9. The van der Waals surface area contributed by atoms with Crippen LogP contribution in [0.1, 0.15) is 44.1 Å². The van der Waals surface area contributed by atoms with Crippen molar-refractivity contribution in [1.82, 2.24) is 0 Å². The lowest BCUT2D eigenvalue weighted by atomic mass is 10.0. The Morgan fingerprint density at radius 2 is 2.11 bits per heavy atom. The van der Waals surface area contributed by atoms with Crippen molar-refractivity contribution in [1.29, 1.82) is 0 Å². The van der Waals surface area contributed by atoms with E-state index in [-0.39, 0.29) is 5.91 Å². The molecule has 1 aromatic rings. The van der Waals surface area contributed by atoms with Crippen LogP contribution in [0.3, 0.4) is 0 Å². The van der Waals surface area contributed by atoms with Crippen LogP contribution in [0.4, 0.5) is 5.69 Å². The number of hydrogen-bond acceptors (Lipinski definition) is 1. The van der Waals surface area contributed by atoms with E-state index in [0.717, 1.165) is 18.0 Å². The van der Waals surface area contributed by atoms with Gasteiger partial charge >= 0.3 is 0 Å². The zero-order valence-corrected chi connectivity index (χ0v) is 13.0. The highest BCUT2D eigenvalue weighted by Crippen LogP contribution is 2.28. The molecule has 1 aliphatic carbocycles. The van der Waals surface area contributed by atoms with Gasteiger partial charge in [-0.3, -0.25) is 4.79 Å². The Labute approximate surface area is 123 Å². The fourth-order valence-corrected chi connectivity index (χ4v) is 3.04. The van der Waals surface area contributed by atoms with Crippen LogP contribution in [-0.2, 0) is 4.79 Å². The summed E-state index contributed by atoms with van der Waals surface area (Å²) in [6, 6.07) is 6.06. The minimum Gasteiger partial charge on any atom is -0.326 e. The molecule has 0 aromatic heterocycles. The van der Waals surface area contributed by atoms with E-state index in [1.165, 1.54) is 34.8 Å². The summed E-state index contributed by atoms with van der Waals surface area (Å²) < 4.78 is 1.20. The molecule has 3 heteroatoms. The van der Waals surface area contributed by atoms with Gasteiger partial charge in [-0.15, -0.1) is 0 Å². The van der Waals surface area contributed by atoms with E-state index < -0.39 is 0 Å². The molecule has 1 saturated carbocycles. The van der Waals surface area contributed by atoms with Gasteiger partial charge < -0.3 is 5.32 Å². The molecule has 2 nitrogen and oxygen atoms in total. The number of benzene rings is 1. The molecule has 1 aliphatic rings. The number of halogens is 1. The maximum atomic E-state index is 11.9. The van der Waals surface area contributed by atoms with E-state index >= 15 is 0 Å². The zero-order chi connectivity index (χ0) is 13.0. The Balaban J connectivity index is 1.80. The van der Waals surface area contributed by atoms with Crippen LogP contribution in [-0.4, -0.2) is 5.91 Å². The topological polar surface area (TPSA) is 29.1 Å². The molecule has 0 radical (unpaired) electrons. The van der Waals surface area contributed by atoms with Crippen LogP contribution < -0.4 is 5.32 Å². The lowest BCUT2D eigenvalue weighted by Gasteiger charge is -2.10. The molecule has 0 atom stereocenters. The summed E-state index contributed by atoms with van der Waals surface area (Å²) in [6.45, 7) is 2.08. The third-order valence-corrected chi connectivity index (χ3v) is 4.87. The number of hydrogen-bond donors (Lipinski definition) is 1. The smallest absolute Gasteiger partial charge is 0.224 e. The number of rotatable bonds is 4. The fraction of sp³-hybridized carbons (Fsp3) is 0.533. The normalized spacial score (nSPS) is 15.9. The van der Waals surface area contributed by atoms with Crippen molar-refractivity contribution >= 4 is 34.2 Å². The van der Waals surface area contributed by atoms with Crippen LogP contribution in [0, 0.1) is 16.4 Å². The van der Waals surface area contributed by atoms with Gasteiger partial charge in [0.05, 0.1) is 0 Å². The van der Waals surface area contributed by atoms with Gasteiger partial charge in [0.2, 0.25) is 5.91 Å². The lowest BCUT2D eigenvalue weighted by Crippen LogP contribution is -2.12. The van der Waals surface area contributed by atoms with Gasteiger partial charge in [-0.1, -0.05) is 31.7 Å². The van der Waals surface area contributed by atoms with Crippen molar-refractivity contribution in [3.8, 4) is 0 Å². The van der Waals surface area contributed by atoms with E-state index in [9.17, 15) is 4.79 Å². The quantitative estimate of drug-likeness (QED) is 0.790. The number of amides is 1.